The number of carbonyl (C=O) groups excluding carboxylic acids is 2. The third kappa shape index (κ3) is 7.40. The molecule has 0 aromatic heterocycles. The minimum Gasteiger partial charge on any atom is -0.352 e. The first kappa shape index (κ1) is 24.4. The lowest BCUT2D eigenvalue weighted by Gasteiger charge is -2.31. The number of carbonyl (C=O) groups is 2. The number of nitrogens with zero attached hydrogens (tertiary/aromatic N) is 1. The Bertz CT molecular complexity index is 848. The Hall–Kier alpha value is -2.27. The van der Waals surface area contributed by atoms with E-state index < -0.39 is 6.04 Å². The number of nitrogens with one attached hydrogen (secondary N) is 1. The molecule has 32 heavy (non-hydrogen) atoms. The van der Waals surface area contributed by atoms with Crippen LogP contribution in [0.1, 0.15) is 55.7 Å². The zero-order valence-corrected chi connectivity index (χ0v) is 20.2. The molecular weight excluding hydrogens is 416 g/mol. The number of rotatable bonds is 11. The van der Waals surface area contributed by atoms with Gasteiger partial charge in [0.05, 0.1) is 5.75 Å². The summed E-state index contributed by atoms with van der Waals surface area (Å²) in [6.45, 7) is 4.64. The second-order valence-electron chi connectivity index (χ2n) is 8.72. The fourth-order valence-corrected chi connectivity index (χ4v) is 5.16. The van der Waals surface area contributed by atoms with E-state index in [1.807, 2.05) is 30.0 Å². The molecular formula is C27H36N2O2S. The van der Waals surface area contributed by atoms with Crippen molar-refractivity contribution in [2.24, 2.45) is 0 Å². The fraction of sp³-hybridized carbons (Fsp3) is 0.481. The van der Waals surface area contributed by atoms with Gasteiger partial charge in [-0.25, -0.2) is 0 Å². The molecule has 5 heteroatoms. The van der Waals surface area contributed by atoms with E-state index in [-0.39, 0.29) is 17.9 Å². The summed E-state index contributed by atoms with van der Waals surface area (Å²) in [5.41, 5.74) is 3.64. The van der Waals surface area contributed by atoms with E-state index in [0.29, 0.717) is 18.7 Å². The fourth-order valence-electron chi connectivity index (χ4n) is 4.29. The Labute approximate surface area is 197 Å². The first-order valence-electron chi connectivity index (χ1n) is 11.8. The van der Waals surface area contributed by atoms with Crippen LogP contribution >= 0.6 is 11.8 Å². The molecule has 1 aliphatic rings. The van der Waals surface area contributed by atoms with Crippen LogP contribution in [0.4, 0.5) is 0 Å². The molecule has 4 nitrogen and oxygen atoms in total. The predicted octanol–water partition coefficient (Wildman–Crippen LogP) is 5.14. The van der Waals surface area contributed by atoms with Gasteiger partial charge in [-0.1, -0.05) is 79.9 Å². The summed E-state index contributed by atoms with van der Waals surface area (Å²) >= 11 is 1.62. The maximum atomic E-state index is 13.3. The Morgan fingerprint density at radius 1 is 1.03 bits per heavy atom. The molecule has 1 aliphatic carbocycles. The van der Waals surface area contributed by atoms with Gasteiger partial charge >= 0.3 is 0 Å². The molecule has 1 fully saturated rings. The first-order valence-corrected chi connectivity index (χ1v) is 13.0. The highest BCUT2D eigenvalue weighted by molar-refractivity contribution is 7.99. The Morgan fingerprint density at radius 2 is 1.72 bits per heavy atom. The zero-order chi connectivity index (χ0) is 22.8. The van der Waals surface area contributed by atoms with Crippen molar-refractivity contribution in [3.8, 4) is 0 Å². The highest BCUT2D eigenvalue weighted by Gasteiger charge is 2.30. The maximum absolute atomic E-state index is 13.3. The molecule has 2 aromatic rings. The minimum absolute atomic E-state index is 0.00402. The smallest absolute Gasteiger partial charge is 0.243 e. The average Bonchev–Trinajstić information content (AvgIpc) is 3.31. The quantitative estimate of drug-likeness (QED) is 0.514. The molecule has 1 N–H and O–H groups in total. The lowest BCUT2D eigenvalue weighted by molar-refractivity contribution is -0.139. The van der Waals surface area contributed by atoms with Crippen LogP contribution in [0.15, 0.2) is 54.6 Å². The summed E-state index contributed by atoms with van der Waals surface area (Å²) in [6, 6.07) is 18.5. The van der Waals surface area contributed by atoms with E-state index in [2.05, 4.69) is 48.6 Å². The van der Waals surface area contributed by atoms with Gasteiger partial charge in [0.25, 0.3) is 0 Å². The number of thioether (sulfide) groups is 1. The molecule has 0 heterocycles. The molecule has 3 rings (SSSR count). The number of amides is 2. The lowest BCUT2D eigenvalue weighted by Crippen LogP contribution is -2.52. The Balaban J connectivity index is 1.63. The van der Waals surface area contributed by atoms with Crippen molar-refractivity contribution in [2.75, 3.05) is 12.3 Å². The van der Waals surface area contributed by atoms with Gasteiger partial charge in [0.1, 0.15) is 6.04 Å². The third-order valence-corrected chi connectivity index (χ3v) is 7.18. The second kappa shape index (κ2) is 12.7. The van der Waals surface area contributed by atoms with Crippen molar-refractivity contribution in [1.29, 1.82) is 0 Å². The molecule has 0 radical (unpaired) electrons. The number of hydrogen-bond donors (Lipinski definition) is 1. The standard InChI is InChI=1S/C27H36N2O2S/c1-3-25(27(31)28-24-11-7-8-12-24)29(18-17-22-9-5-4-6-10-22)26(30)20-32-19-23-15-13-21(2)14-16-23/h4-6,9-10,13-16,24-25H,3,7-8,11-12,17-20H2,1-2H3,(H,28,31). The molecule has 2 amide bonds. The number of aryl methyl sites for hydroxylation is 1. The van der Waals surface area contributed by atoms with Crippen molar-refractivity contribution in [1.82, 2.24) is 10.2 Å². The van der Waals surface area contributed by atoms with Gasteiger partial charge in [-0.2, -0.15) is 0 Å². The number of benzene rings is 2. The van der Waals surface area contributed by atoms with Crippen molar-refractivity contribution in [2.45, 2.75) is 70.2 Å². The zero-order valence-electron chi connectivity index (χ0n) is 19.4. The van der Waals surface area contributed by atoms with Crippen molar-refractivity contribution in [3.05, 3.63) is 71.3 Å². The van der Waals surface area contributed by atoms with Gasteiger partial charge in [0.2, 0.25) is 11.8 Å². The molecule has 1 unspecified atom stereocenters. The van der Waals surface area contributed by atoms with E-state index in [9.17, 15) is 9.59 Å². The van der Waals surface area contributed by atoms with E-state index in [0.717, 1.165) is 25.0 Å². The van der Waals surface area contributed by atoms with Crippen LogP contribution < -0.4 is 5.32 Å². The van der Waals surface area contributed by atoms with Gasteiger partial charge in [-0.05, 0) is 43.7 Å². The molecule has 0 spiro atoms. The second-order valence-corrected chi connectivity index (χ2v) is 9.70. The molecule has 0 saturated heterocycles. The molecule has 1 saturated carbocycles. The summed E-state index contributed by atoms with van der Waals surface area (Å²) in [6.07, 6.45) is 5.82. The SMILES string of the molecule is CCC(C(=O)NC1CCCC1)N(CCc1ccccc1)C(=O)CSCc1ccc(C)cc1. The third-order valence-electron chi connectivity index (χ3n) is 6.19. The van der Waals surface area contributed by atoms with Crippen LogP contribution in [-0.2, 0) is 21.8 Å². The van der Waals surface area contributed by atoms with Crippen LogP contribution in [0.3, 0.4) is 0 Å². The van der Waals surface area contributed by atoms with Gasteiger partial charge in [0, 0.05) is 18.3 Å². The summed E-state index contributed by atoms with van der Waals surface area (Å²) in [5, 5.41) is 3.21. The largest absolute Gasteiger partial charge is 0.352 e. The van der Waals surface area contributed by atoms with Crippen LogP contribution in [0, 0.1) is 6.92 Å². The van der Waals surface area contributed by atoms with Crippen molar-refractivity contribution in [3.63, 3.8) is 0 Å². The predicted molar refractivity (Wildman–Crippen MR) is 134 cm³/mol. The van der Waals surface area contributed by atoms with E-state index in [1.165, 1.54) is 29.5 Å². The topological polar surface area (TPSA) is 49.4 Å². The maximum Gasteiger partial charge on any atom is 0.243 e. The Morgan fingerprint density at radius 3 is 2.38 bits per heavy atom. The van der Waals surface area contributed by atoms with Gasteiger partial charge < -0.3 is 10.2 Å². The van der Waals surface area contributed by atoms with Crippen molar-refractivity contribution >= 4 is 23.6 Å². The van der Waals surface area contributed by atoms with Crippen LogP contribution in [0.2, 0.25) is 0 Å². The molecule has 172 valence electrons. The van der Waals surface area contributed by atoms with E-state index in [4.69, 9.17) is 0 Å². The van der Waals surface area contributed by atoms with Crippen molar-refractivity contribution < 1.29 is 9.59 Å². The highest BCUT2D eigenvalue weighted by atomic mass is 32.2. The van der Waals surface area contributed by atoms with E-state index in [1.54, 1.807) is 11.8 Å². The Kier molecular flexibility index (Phi) is 9.66. The number of hydrogen-bond acceptors (Lipinski definition) is 3. The summed E-state index contributed by atoms with van der Waals surface area (Å²) in [5.74, 6) is 1.23. The molecule has 0 aliphatic heterocycles. The van der Waals surface area contributed by atoms with Gasteiger partial charge in [-0.15, -0.1) is 11.8 Å². The monoisotopic (exact) mass is 452 g/mol. The van der Waals surface area contributed by atoms with Gasteiger partial charge in [0.15, 0.2) is 0 Å². The molecule has 1 atom stereocenters. The van der Waals surface area contributed by atoms with Crippen LogP contribution in [-0.4, -0.2) is 41.1 Å². The average molecular weight is 453 g/mol. The summed E-state index contributed by atoms with van der Waals surface area (Å²) in [4.78, 5) is 28.2. The van der Waals surface area contributed by atoms with Crippen LogP contribution in [0.25, 0.3) is 0 Å². The van der Waals surface area contributed by atoms with E-state index >= 15 is 0 Å². The lowest BCUT2D eigenvalue weighted by atomic mass is 10.1. The summed E-state index contributed by atoms with van der Waals surface area (Å²) in [7, 11) is 0. The normalized spacial score (nSPS) is 14.8. The highest BCUT2D eigenvalue weighted by Crippen LogP contribution is 2.20. The minimum atomic E-state index is -0.410. The first-order chi connectivity index (χ1) is 15.6. The summed E-state index contributed by atoms with van der Waals surface area (Å²) < 4.78 is 0. The molecule has 0 bridgehead atoms. The van der Waals surface area contributed by atoms with Gasteiger partial charge in [-0.3, -0.25) is 9.59 Å². The van der Waals surface area contributed by atoms with Crippen LogP contribution in [0.5, 0.6) is 0 Å². The molecule has 2 aromatic carbocycles.